The van der Waals surface area contributed by atoms with Crippen LogP contribution in [0.1, 0.15) is 15.5 Å². The van der Waals surface area contributed by atoms with Crippen LogP contribution in [0.5, 0.6) is 0 Å². The van der Waals surface area contributed by atoms with Gasteiger partial charge >= 0.3 is 0 Å². The summed E-state index contributed by atoms with van der Waals surface area (Å²) in [4.78, 5) is 12.5. The van der Waals surface area contributed by atoms with Gasteiger partial charge in [0.1, 0.15) is 12.2 Å². The maximum absolute atomic E-state index is 11.8. The van der Waals surface area contributed by atoms with Crippen molar-refractivity contribution in [2.45, 2.75) is 6.42 Å². The SMILES string of the molecule is Cn1cnnc1CCNC(=O)c1cc(Br)c(Br)s1. The van der Waals surface area contributed by atoms with Gasteiger partial charge in [0.25, 0.3) is 5.91 Å². The van der Waals surface area contributed by atoms with Crippen LogP contribution in [0.2, 0.25) is 0 Å². The van der Waals surface area contributed by atoms with E-state index >= 15 is 0 Å². The molecule has 0 saturated carbocycles. The smallest absolute Gasteiger partial charge is 0.261 e. The molecule has 2 aromatic heterocycles. The van der Waals surface area contributed by atoms with Crippen LogP contribution in [0.4, 0.5) is 0 Å². The Balaban J connectivity index is 1.87. The Labute approximate surface area is 125 Å². The molecule has 0 saturated heterocycles. The Kier molecular flexibility index (Phi) is 4.52. The number of nitrogens with zero attached hydrogens (tertiary/aromatic N) is 3. The second-order valence-electron chi connectivity index (χ2n) is 3.60. The van der Waals surface area contributed by atoms with Crippen molar-refractivity contribution in [1.82, 2.24) is 20.1 Å². The van der Waals surface area contributed by atoms with Crippen LogP contribution < -0.4 is 5.32 Å². The fourth-order valence-electron chi connectivity index (χ4n) is 1.37. The molecule has 0 radical (unpaired) electrons. The van der Waals surface area contributed by atoms with Crippen molar-refractivity contribution in [3.8, 4) is 0 Å². The molecule has 0 aliphatic heterocycles. The normalized spacial score (nSPS) is 10.6. The van der Waals surface area contributed by atoms with Crippen LogP contribution in [0.3, 0.4) is 0 Å². The molecule has 0 spiro atoms. The molecule has 0 atom stereocenters. The predicted molar refractivity (Wildman–Crippen MR) is 76.8 cm³/mol. The molecule has 0 fully saturated rings. The molecule has 18 heavy (non-hydrogen) atoms. The van der Waals surface area contributed by atoms with E-state index in [0.29, 0.717) is 17.8 Å². The van der Waals surface area contributed by atoms with Crippen LogP contribution in [0, 0.1) is 0 Å². The highest BCUT2D eigenvalue weighted by Crippen LogP contribution is 2.32. The quantitative estimate of drug-likeness (QED) is 0.867. The lowest BCUT2D eigenvalue weighted by Gasteiger charge is -2.02. The molecule has 0 bridgehead atoms. The van der Waals surface area contributed by atoms with Gasteiger partial charge in [-0.3, -0.25) is 4.79 Å². The third kappa shape index (κ3) is 3.18. The highest BCUT2D eigenvalue weighted by molar-refractivity contribution is 9.13. The van der Waals surface area contributed by atoms with Gasteiger partial charge in [-0.05, 0) is 37.9 Å². The van der Waals surface area contributed by atoms with Crippen molar-refractivity contribution in [2.24, 2.45) is 7.05 Å². The van der Waals surface area contributed by atoms with E-state index in [1.807, 2.05) is 11.6 Å². The molecule has 1 amide bonds. The standard InChI is InChI=1S/C10H10Br2N4OS/c1-16-5-14-15-8(16)2-3-13-10(17)7-4-6(11)9(12)18-7/h4-5H,2-3H2,1H3,(H,13,17). The van der Waals surface area contributed by atoms with Gasteiger partial charge in [-0.15, -0.1) is 21.5 Å². The van der Waals surface area contributed by atoms with Gasteiger partial charge in [0.05, 0.1) is 8.66 Å². The van der Waals surface area contributed by atoms with E-state index in [-0.39, 0.29) is 5.91 Å². The minimum absolute atomic E-state index is 0.0754. The van der Waals surface area contributed by atoms with Crippen LogP contribution in [0.25, 0.3) is 0 Å². The van der Waals surface area contributed by atoms with Crippen molar-refractivity contribution in [3.63, 3.8) is 0 Å². The second-order valence-corrected chi connectivity index (χ2v) is 6.82. The van der Waals surface area contributed by atoms with Gasteiger partial charge in [-0.1, -0.05) is 0 Å². The number of nitrogens with one attached hydrogen (secondary N) is 1. The van der Waals surface area contributed by atoms with Crippen LogP contribution >= 0.6 is 43.2 Å². The largest absolute Gasteiger partial charge is 0.351 e. The third-order valence-electron chi connectivity index (χ3n) is 2.31. The van der Waals surface area contributed by atoms with Gasteiger partial charge < -0.3 is 9.88 Å². The van der Waals surface area contributed by atoms with E-state index in [1.165, 1.54) is 11.3 Å². The first kappa shape index (κ1) is 13.7. The zero-order valence-corrected chi connectivity index (χ0v) is 13.5. The van der Waals surface area contributed by atoms with Crippen molar-refractivity contribution in [1.29, 1.82) is 0 Å². The number of aryl methyl sites for hydroxylation is 1. The third-order valence-corrected chi connectivity index (χ3v) is 5.56. The number of hydrogen-bond acceptors (Lipinski definition) is 4. The topological polar surface area (TPSA) is 59.8 Å². The minimum atomic E-state index is -0.0754. The molecule has 2 aromatic rings. The van der Waals surface area contributed by atoms with E-state index in [4.69, 9.17) is 0 Å². The van der Waals surface area contributed by atoms with E-state index in [0.717, 1.165) is 14.1 Å². The number of hydrogen-bond donors (Lipinski definition) is 1. The van der Waals surface area contributed by atoms with E-state index in [2.05, 4.69) is 47.4 Å². The fourth-order valence-corrected chi connectivity index (χ4v) is 3.32. The molecule has 5 nitrogen and oxygen atoms in total. The Morgan fingerprint density at radius 2 is 2.33 bits per heavy atom. The minimum Gasteiger partial charge on any atom is -0.351 e. The van der Waals surface area contributed by atoms with Crippen molar-refractivity contribution in [3.05, 3.63) is 31.4 Å². The molecule has 0 aliphatic carbocycles. The molecular formula is C10H10Br2N4OS. The molecule has 1 N–H and O–H groups in total. The maximum atomic E-state index is 11.8. The summed E-state index contributed by atoms with van der Waals surface area (Å²) in [7, 11) is 1.88. The molecule has 8 heteroatoms. The Morgan fingerprint density at radius 3 is 2.89 bits per heavy atom. The highest BCUT2D eigenvalue weighted by Gasteiger charge is 2.11. The number of thiophene rings is 1. The van der Waals surface area contributed by atoms with E-state index < -0.39 is 0 Å². The van der Waals surface area contributed by atoms with Gasteiger partial charge in [0.15, 0.2) is 0 Å². The monoisotopic (exact) mass is 392 g/mol. The summed E-state index contributed by atoms with van der Waals surface area (Å²) < 4.78 is 3.65. The molecule has 0 unspecified atom stereocenters. The fraction of sp³-hybridized carbons (Fsp3) is 0.300. The molecule has 2 rings (SSSR count). The van der Waals surface area contributed by atoms with Crippen molar-refractivity contribution >= 4 is 49.1 Å². The zero-order chi connectivity index (χ0) is 13.1. The van der Waals surface area contributed by atoms with Crippen molar-refractivity contribution < 1.29 is 4.79 Å². The Morgan fingerprint density at radius 1 is 1.56 bits per heavy atom. The average molecular weight is 394 g/mol. The van der Waals surface area contributed by atoms with Crippen LogP contribution in [0.15, 0.2) is 20.7 Å². The Bertz CT molecular complexity index is 546. The van der Waals surface area contributed by atoms with Crippen molar-refractivity contribution in [2.75, 3.05) is 6.54 Å². The first-order chi connectivity index (χ1) is 8.58. The lowest BCUT2D eigenvalue weighted by molar-refractivity contribution is 0.0958. The van der Waals surface area contributed by atoms with Gasteiger partial charge in [-0.25, -0.2) is 0 Å². The summed E-state index contributed by atoms with van der Waals surface area (Å²) >= 11 is 8.12. The second kappa shape index (κ2) is 5.94. The summed E-state index contributed by atoms with van der Waals surface area (Å²) in [6.45, 7) is 0.540. The van der Waals surface area contributed by atoms with Gasteiger partial charge in [-0.2, -0.15) is 0 Å². The number of amides is 1. The molecular weight excluding hydrogens is 384 g/mol. The maximum Gasteiger partial charge on any atom is 0.261 e. The van der Waals surface area contributed by atoms with Crippen LogP contribution in [-0.2, 0) is 13.5 Å². The zero-order valence-electron chi connectivity index (χ0n) is 9.48. The number of carbonyl (C=O) groups excluding carboxylic acids is 1. The number of rotatable bonds is 4. The number of halogens is 2. The number of carbonyl (C=O) groups is 1. The molecule has 2 heterocycles. The summed E-state index contributed by atoms with van der Waals surface area (Å²) in [6, 6.07) is 1.80. The number of aromatic nitrogens is 3. The van der Waals surface area contributed by atoms with Gasteiger partial charge in [0.2, 0.25) is 0 Å². The summed E-state index contributed by atoms with van der Waals surface area (Å²) in [5.74, 6) is 0.775. The Hall–Kier alpha value is -0.730. The predicted octanol–water partition coefficient (Wildman–Crippen LogP) is 2.37. The molecule has 0 aromatic carbocycles. The van der Waals surface area contributed by atoms with E-state index in [9.17, 15) is 4.79 Å². The molecule has 96 valence electrons. The highest BCUT2D eigenvalue weighted by atomic mass is 79.9. The summed E-state index contributed by atoms with van der Waals surface area (Å²) in [6.07, 6.45) is 2.31. The van der Waals surface area contributed by atoms with Crippen LogP contribution in [-0.4, -0.2) is 27.2 Å². The summed E-state index contributed by atoms with van der Waals surface area (Å²) in [5, 5.41) is 10.6. The lowest BCUT2D eigenvalue weighted by Crippen LogP contribution is -2.25. The van der Waals surface area contributed by atoms with Gasteiger partial charge in [0, 0.05) is 24.5 Å². The average Bonchev–Trinajstić information content (AvgIpc) is 2.87. The first-order valence-electron chi connectivity index (χ1n) is 5.14. The lowest BCUT2D eigenvalue weighted by atomic mass is 10.3. The first-order valence-corrected chi connectivity index (χ1v) is 7.54. The van der Waals surface area contributed by atoms with E-state index in [1.54, 1.807) is 12.4 Å². The molecule has 0 aliphatic rings. The summed E-state index contributed by atoms with van der Waals surface area (Å²) in [5.41, 5.74) is 0.